The van der Waals surface area contributed by atoms with Gasteiger partial charge in [0.2, 0.25) is 0 Å². The van der Waals surface area contributed by atoms with Crippen LogP contribution in [0.25, 0.3) is 0 Å². The number of carbonyl (C=O) groups excluding carboxylic acids is 2. The molecule has 6 nitrogen and oxygen atoms in total. The van der Waals surface area contributed by atoms with E-state index in [1.54, 1.807) is 45.0 Å². The number of hydrogen-bond acceptors (Lipinski definition) is 4. The number of rotatable bonds is 3. The standard InChI is InChI=1S/C18H24F2N2O4/c1-17(2,3)26-16(24)22-10-14(9-18(19,20)12-22)21-15(23)25-11-13-7-5-4-6-8-13/h4-8,14H,9-12H2,1-3H3,(H,21,23). The highest BCUT2D eigenvalue weighted by Gasteiger charge is 2.43. The first-order valence-electron chi connectivity index (χ1n) is 8.37. The van der Waals surface area contributed by atoms with Crippen LogP contribution in [0.2, 0.25) is 0 Å². The lowest BCUT2D eigenvalue weighted by molar-refractivity contribution is -0.0779. The number of likely N-dealkylation sites (tertiary alicyclic amines) is 1. The zero-order chi connectivity index (χ0) is 19.4. The number of alkyl carbamates (subject to hydrolysis) is 1. The second-order valence-electron chi connectivity index (χ2n) is 7.32. The van der Waals surface area contributed by atoms with Gasteiger partial charge in [-0.15, -0.1) is 0 Å². The van der Waals surface area contributed by atoms with Crippen molar-refractivity contribution < 1.29 is 27.8 Å². The maximum Gasteiger partial charge on any atom is 0.410 e. The average Bonchev–Trinajstić information content (AvgIpc) is 2.51. The summed E-state index contributed by atoms with van der Waals surface area (Å²) in [5, 5.41) is 2.40. The molecule has 1 aromatic rings. The lowest BCUT2D eigenvalue weighted by atomic mass is 10.0. The van der Waals surface area contributed by atoms with Gasteiger partial charge in [0.05, 0.1) is 12.6 Å². The van der Waals surface area contributed by atoms with Gasteiger partial charge in [-0.1, -0.05) is 30.3 Å². The number of halogens is 2. The zero-order valence-corrected chi connectivity index (χ0v) is 15.1. The molecule has 1 N–H and O–H groups in total. The van der Waals surface area contributed by atoms with Gasteiger partial charge in [-0.2, -0.15) is 0 Å². The molecule has 0 radical (unpaired) electrons. The van der Waals surface area contributed by atoms with Crippen molar-refractivity contribution in [1.82, 2.24) is 10.2 Å². The maximum atomic E-state index is 14.0. The van der Waals surface area contributed by atoms with Crippen molar-refractivity contribution in [2.24, 2.45) is 0 Å². The van der Waals surface area contributed by atoms with Gasteiger partial charge >= 0.3 is 12.2 Å². The van der Waals surface area contributed by atoms with Gasteiger partial charge < -0.3 is 19.7 Å². The van der Waals surface area contributed by atoms with Crippen molar-refractivity contribution in [1.29, 1.82) is 0 Å². The second-order valence-corrected chi connectivity index (χ2v) is 7.32. The van der Waals surface area contributed by atoms with Crippen LogP contribution in [0, 0.1) is 0 Å². The smallest absolute Gasteiger partial charge is 0.410 e. The molecule has 8 heteroatoms. The van der Waals surface area contributed by atoms with Crippen LogP contribution in [0.4, 0.5) is 18.4 Å². The third kappa shape index (κ3) is 6.50. The Balaban J connectivity index is 1.91. The van der Waals surface area contributed by atoms with Crippen LogP contribution in [0.15, 0.2) is 30.3 Å². The number of alkyl halides is 2. The van der Waals surface area contributed by atoms with Gasteiger partial charge in [0, 0.05) is 13.0 Å². The molecule has 1 aromatic carbocycles. The summed E-state index contributed by atoms with van der Waals surface area (Å²) in [6, 6.07) is 8.08. The van der Waals surface area contributed by atoms with Gasteiger partial charge in [0.25, 0.3) is 5.92 Å². The van der Waals surface area contributed by atoms with Crippen molar-refractivity contribution in [3.63, 3.8) is 0 Å². The van der Waals surface area contributed by atoms with Crippen LogP contribution < -0.4 is 5.32 Å². The Kier molecular flexibility index (Phi) is 6.05. The summed E-state index contributed by atoms with van der Waals surface area (Å²) in [7, 11) is 0. The van der Waals surface area contributed by atoms with E-state index >= 15 is 0 Å². The summed E-state index contributed by atoms with van der Waals surface area (Å²) in [4.78, 5) is 24.9. The quantitative estimate of drug-likeness (QED) is 0.883. The summed E-state index contributed by atoms with van der Waals surface area (Å²) in [6.45, 7) is 4.20. The summed E-state index contributed by atoms with van der Waals surface area (Å²) >= 11 is 0. The van der Waals surface area contributed by atoms with Gasteiger partial charge in [0.1, 0.15) is 12.2 Å². The number of benzene rings is 1. The molecule has 1 unspecified atom stereocenters. The van der Waals surface area contributed by atoms with Crippen LogP contribution in [-0.2, 0) is 16.1 Å². The molecule has 0 spiro atoms. The predicted molar refractivity (Wildman–Crippen MR) is 90.9 cm³/mol. The minimum absolute atomic E-state index is 0.0333. The van der Waals surface area contributed by atoms with Crippen LogP contribution >= 0.6 is 0 Å². The Labute approximate surface area is 151 Å². The molecule has 0 bridgehead atoms. The van der Waals surface area contributed by atoms with E-state index in [2.05, 4.69) is 5.32 Å². The number of nitrogens with one attached hydrogen (secondary N) is 1. The van der Waals surface area contributed by atoms with E-state index in [0.29, 0.717) is 0 Å². The fraction of sp³-hybridized carbons (Fsp3) is 0.556. The van der Waals surface area contributed by atoms with Crippen molar-refractivity contribution in [3.05, 3.63) is 35.9 Å². The van der Waals surface area contributed by atoms with Gasteiger partial charge in [-0.05, 0) is 26.3 Å². The van der Waals surface area contributed by atoms with Crippen LogP contribution in [0.5, 0.6) is 0 Å². The van der Waals surface area contributed by atoms with Crippen LogP contribution in [-0.4, -0.2) is 47.7 Å². The normalized spacial score (nSPS) is 19.6. The zero-order valence-electron chi connectivity index (χ0n) is 15.1. The Hall–Kier alpha value is -2.38. The summed E-state index contributed by atoms with van der Waals surface area (Å²) in [5.74, 6) is -3.12. The molecule has 1 saturated heterocycles. The number of hydrogen-bond donors (Lipinski definition) is 1. The summed E-state index contributed by atoms with van der Waals surface area (Å²) in [6.07, 6.45) is -2.20. The number of amides is 2. The SMILES string of the molecule is CC(C)(C)OC(=O)N1CC(NC(=O)OCc2ccccc2)CC(F)(F)C1. The highest BCUT2D eigenvalue weighted by Crippen LogP contribution is 2.28. The molecule has 144 valence electrons. The lowest BCUT2D eigenvalue weighted by Crippen LogP contribution is -2.57. The molecule has 1 fully saturated rings. The highest BCUT2D eigenvalue weighted by molar-refractivity contribution is 5.70. The van der Waals surface area contributed by atoms with E-state index < -0.39 is 42.7 Å². The molecule has 0 aromatic heterocycles. The highest BCUT2D eigenvalue weighted by atomic mass is 19.3. The molecule has 26 heavy (non-hydrogen) atoms. The first-order chi connectivity index (χ1) is 12.0. The molecule has 1 aliphatic rings. The number of ether oxygens (including phenoxy) is 2. The average molecular weight is 370 g/mol. The van der Waals surface area contributed by atoms with E-state index in [0.717, 1.165) is 10.5 Å². The number of piperidine rings is 1. The van der Waals surface area contributed by atoms with Crippen molar-refractivity contribution in [2.75, 3.05) is 13.1 Å². The topological polar surface area (TPSA) is 67.9 Å². The van der Waals surface area contributed by atoms with Crippen molar-refractivity contribution in [3.8, 4) is 0 Å². The molecule has 2 amide bonds. The van der Waals surface area contributed by atoms with Crippen LogP contribution in [0.1, 0.15) is 32.8 Å². The molecule has 0 aliphatic carbocycles. The van der Waals surface area contributed by atoms with E-state index in [4.69, 9.17) is 9.47 Å². The first-order valence-corrected chi connectivity index (χ1v) is 8.37. The molecule has 0 saturated carbocycles. The summed E-state index contributed by atoms with van der Waals surface area (Å²) < 4.78 is 38.1. The van der Waals surface area contributed by atoms with E-state index in [1.807, 2.05) is 6.07 Å². The molecule has 1 heterocycles. The second kappa shape index (κ2) is 7.88. The molecule has 2 rings (SSSR count). The van der Waals surface area contributed by atoms with E-state index in [-0.39, 0.29) is 13.2 Å². The van der Waals surface area contributed by atoms with Crippen LogP contribution in [0.3, 0.4) is 0 Å². The lowest BCUT2D eigenvalue weighted by Gasteiger charge is -2.38. The Morgan fingerprint density at radius 3 is 2.54 bits per heavy atom. The maximum absolute atomic E-state index is 14.0. The Morgan fingerprint density at radius 1 is 1.27 bits per heavy atom. The van der Waals surface area contributed by atoms with Gasteiger partial charge in [-0.3, -0.25) is 0 Å². The predicted octanol–water partition coefficient (Wildman–Crippen LogP) is 3.56. The monoisotopic (exact) mass is 370 g/mol. The van der Waals surface area contributed by atoms with Gasteiger partial charge in [-0.25, -0.2) is 18.4 Å². The first kappa shape index (κ1) is 19.9. The van der Waals surface area contributed by atoms with Crippen molar-refractivity contribution >= 4 is 12.2 Å². The van der Waals surface area contributed by atoms with E-state index in [1.165, 1.54) is 0 Å². The largest absolute Gasteiger partial charge is 0.445 e. The fourth-order valence-electron chi connectivity index (χ4n) is 2.59. The summed E-state index contributed by atoms with van der Waals surface area (Å²) in [5.41, 5.74) is -0.00606. The fourth-order valence-corrected chi connectivity index (χ4v) is 2.59. The molecule has 1 aliphatic heterocycles. The third-order valence-electron chi connectivity index (χ3n) is 3.59. The third-order valence-corrected chi connectivity index (χ3v) is 3.59. The van der Waals surface area contributed by atoms with Gasteiger partial charge in [0.15, 0.2) is 0 Å². The van der Waals surface area contributed by atoms with Crippen molar-refractivity contribution in [2.45, 2.75) is 51.4 Å². The molecular weight excluding hydrogens is 346 g/mol. The minimum atomic E-state index is -3.12. The molecular formula is C18H24F2N2O4. The minimum Gasteiger partial charge on any atom is -0.445 e. The Bertz CT molecular complexity index is 632. The number of nitrogens with zero attached hydrogens (tertiary/aromatic N) is 1. The molecule has 1 atom stereocenters. The van der Waals surface area contributed by atoms with E-state index in [9.17, 15) is 18.4 Å². The Morgan fingerprint density at radius 2 is 1.92 bits per heavy atom. The number of carbonyl (C=O) groups is 2.